The first-order chi connectivity index (χ1) is 13.3. The molecule has 1 N–H and O–H groups in total. The average Bonchev–Trinajstić information content (AvgIpc) is 3.12. The fourth-order valence-corrected chi connectivity index (χ4v) is 3.25. The van der Waals surface area contributed by atoms with Crippen LogP contribution < -0.4 is 11.1 Å². The number of aryl methyl sites for hydroxylation is 3. The first kappa shape index (κ1) is 19.4. The van der Waals surface area contributed by atoms with Gasteiger partial charge in [0.1, 0.15) is 11.5 Å². The zero-order valence-corrected chi connectivity index (χ0v) is 15.9. The molecular weight excluding hydrogens is 366 g/mol. The van der Waals surface area contributed by atoms with Crippen LogP contribution in [0.5, 0.6) is 0 Å². The Balaban J connectivity index is 1.61. The van der Waals surface area contributed by atoms with Gasteiger partial charge in [0.05, 0.1) is 22.5 Å². The lowest BCUT2D eigenvalue weighted by atomic mass is 10.1. The molecule has 1 amide bonds. The van der Waals surface area contributed by atoms with Crippen LogP contribution in [0.1, 0.15) is 42.9 Å². The highest BCUT2D eigenvalue weighted by molar-refractivity contribution is 5.77. The molecule has 0 radical (unpaired) electrons. The smallest absolute Gasteiger partial charge is 0.419 e. The van der Waals surface area contributed by atoms with Gasteiger partial charge in [0.25, 0.3) is 5.69 Å². The van der Waals surface area contributed by atoms with Crippen LogP contribution in [0.2, 0.25) is 0 Å². The summed E-state index contributed by atoms with van der Waals surface area (Å²) in [4.78, 5) is 34.5. The number of rotatable bonds is 7. The monoisotopic (exact) mass is 387 g/mol. The van der Waals surface area contributed by atoms with Crippen LogP contribution in [-0.4, -0.2) is 15.4 Å². The SMILES string of the molecule is Cc1cc(C(C)NC(=O)CCCn2c(=O)oc3cc([N+](=O)[O-])ccc32)c(C)o1. The molecule has 2 heterocycles. The quantitative estimate of drug-likeness (QED) is 0.490. The minimum atomic E-state index is -0.603. The van der Waals surface area contributed by atoms with E-state index in [9.17, 15) is 19.7 Å². The molecule has 0 bridgehead atoms. The molecule has 0 aliphatic carbocycles. The Hall–Kier alpha value is -3.36. The summed E-state index contributed by atoms with van der Waals surface area (Å²) in [6.07, 6.45) is 0.653. The maximum Gasteiger partial charge on any atom is 0.419 e. The van der Waals surface area contributed by atoms with Crippen molar-refractivity contribution in [3.8, 4) is 0 Å². The molecule has 0 saturated carbocycles. The number of furan rings is 1. The summed E-state index contributed by atoms with van der Waals surface area (Å²) in [7, 11) is 0. The number of carbonyl (C=O) groups excluding carboxylic acids is 1. The van der Waals surface area contributed by atoms with E-state index in [0.717, 1.165) is 17.1 Å². The van der Waals surface area contributed by atoms with Crippen molar-refractivity contribution in [2.24, 2.45) is 0 Å². The molecule has 0 spiro atoms. The largest absolute Gasteiger partial charge is 0.466 e. The topological polar surface area (TPSA) is 121 Å². The molecule has 0 saturated heterocycles. The zero-order chi connectivity index (χ0) is 20.4. The van der Waals surface area contributed by atoms with Gasteiger partial charge in [-0.25, -0.2) is 4.79 Å². The summed E-state index contributed by atoms with van der Waals surface area (Å²) in [5.41, 5.74) is 1.41. The molecule has 28 heavy (non-hydrogen) atoms. The number of nitro groups is 1. The predicted octanol–water partition coefficient (Wildman–Crippen LogP) is 3.37. The molecule has 0 aliphatic heterocycles. The number of oxazole rings is 1. The van der Waals surface area contributed by atoms with Gasteiger partial charge in [-0.05, 0) is 39.3 Å². The third-order valence-corrected chi connectivity index (χ3v) is 4.57. The van der Waals surface area contributed by atoms with E-state index in [0.29, 0.717) is 11.9 Å². The van der Waals surface area contributed by atoms with Crippen molar-refractivity contribution < 1.29 is 18.6 Å². The molecule has 9 heteroatoms. The van der Waals surface area contributed by atoms with E-state index in [2.05, 4.69) is 5.32 Å². The average molecular weight is 387 g/mol. The maximum absolute atomic E-state index is 12.2. The minimum Gasteiger partial charge on any atom is -0.466 e. The van der Waals surface area contributed by atoms with Crippen molar-refractivity contribution in [1.82, 2.24) is 9.88 Å². The molecule has 1 unspecified atom stereocenters. The fraction of sp³-hybridized carbons (Fsp3) is 0.368. The highest BCUT2D eigenvalue weighted by Crippen LogP contribution is 2.22. The van der Waals surface area contributed by atoms with Crippen molar-refractivity contribution >= 4 is 22.7 Å². The van der Waals surface area contributed by atoms with E-state index in [1.54, 1.807) is 0 Å². The van der Waals surface area contributed by atoms with Crippen LogP contribution in [-0.2, 0) is 11.3 Å². The Bertz CT molecular complexity index is 1090. The Kier molecular flexibility index (Phi) is 5.34. The van der Waals surface area contributed by atoms with E-state index in [4.69, 9.17) is 8.83 Å². The lowest BCUT2D eigenvalue weighted by Crippen LogP contribution is -2.27. The Morgan fingerprint density at radius 2 is 2.04 bits per heavy atom. The second-order valence-electron chi connectivity index (χ2n) is 6.69. The van der Waals surface area contributed by atoms with Crippen LogP contribution in [0.3, 0.4) is 0 Å². The Morgan fingerprint density at radius 1 is 1.29 bits per heavy atom. The van der Waals surface area contributed by atoms with Gasteiger partial charge in [-0.2, -0.15) is 0 Å². The van der Waals surface area contributed by atoms with E-state index in [1.165, 1.54) is 22.8 Å². The fourth-order valence-electron chi connectivity index (χ4n) is 3.25. The molecule has 0 fully saturated rings. The number of carbonyl (C=O) groups is 1. The van der Waals surface area contributed by atoms with E-state index in [1.807, 2.05) is 26.8 Å². The number of benzene rings is 1. The van der Waals surface area contributed by atoms with Crippen LogP contribution in [0, 0.1) is 24.0 Å². The molecule has 1 aromatic carbocycles. The van der Waals surface area contributed by atoms with Crippen molar-refractivity contribution in [1.29, 1.82) is 0 Å². The summed E-state index contributed by atoms with van der Waals surface area (Å²) in [6, 6.07) is 5.73. The van der Waals surface area contributed by atoms with Gasteiger partial charge in [-0.1, -0.05) is 0 Å². The summed E-state index contributed by atoms with van der Waals surface area (Å²) < 4.78 is 11.9. The van der Waals surface area contributed by atoms with E-state index >= 15 is 0 Å². The number of aromatic nitrogens is 1. The van der Waals surface area contributed by atoms with E-state index < -0.39 is 10.7 Å². The lowest BCUT2D eigenvalue weighted by molar-refractivity contribution is -0.384. The van der Waals surface area contributed by atoms with Crippen LogP contribution in [0.4, 0.5) is 5.69 Å². The highest BCUT2D eigenvalue weighted by Gasteiger charge is 2.16. The Labute approximate surface area is 160 Å². The van der Waals surface area contributed by atoms with Gasteiger partial charge in [0.15, 0.2) is 5.58 Å². The number of nitrogens with one attached hydrogen (secondary N) is 1. The third kappa shape index (κ3) is 3.98. The second-order valence-corrected chi connectivity index (χ2v) is 6.69. The lowest BCUT2D eigenvalue weighted by Gasteiger charge is -2.13. The van der Waals surface area contributed by atoms with Gasteiger partial charge in [0.2, 0.25) is 5.91 Å². The molecule has 2 aromatic heterocycles. The van der Waals surface area contributed by atoms with Crippen LogP contribution >= 0.6 is 0 Å². The number of hydrogen-bond donors (Lipinski definition) is 1. The van der Waals surface area contributed by atoms with Gasteiger partial charge >= 0.3 is 5.76 Å². The Morgan fingerprint density at radius 3 is 2.68 bits per heavy atom. The van der Waals surface area contributed by atoms with E-state index in [-0.39, 0.29) is 36.2 Å². The second kappa shape index (κ2) is 7.71. The molecule has 148 valence electrons. The standard InChI is InChI=1S/C19H21N3O6/c1-11-9-15(13(3)27-11)12(2)20-18(23)5-4-8-21-16-7-6-14(22(25)26)10-17(16)28-19(21)24/h6-7,9-10,12H,4-5,8H2,1-3H3,(H,20,23). The number of fused-ring (bicyclic) bond motifs is 1. The van der Waals surface area contributed by atoms with Gasteiger partial charge in [-0.3, -0.25) is 19.5 Å². The third-order valence-electron chi connectivity index (χ3n) is 4.57. The van der Waals surface area contributed by atoms with Gasteiger partial charge < -0.3 is 14.2 Å². The van der Waals surface area contributed by atoms with Gasteiger partial charge in [-0.15, -0.1) is 0 Å². The first-order valence-corrected chi connectivity index (χ1v) is 8.90. The first-order valence-electron chi connectivity index (χ1n) is 8.90. The van der Waals surface area contributed by atoms with Crippen molar-refractivity contribution in [3.05, 3.63) is 62.0 Å². The molecule has 3 aromatic rings. The van der Waals surface area contributed by atoms with Crippen molar-refractivity contribution in [2.75, 3.05) is 0 Å². The summed E-state index contributed by atoms with van der Waals surface area (Å²) >= 11 is 0. The molecule has 0 aliphatic rings. The maximum atomic E-state index is 12.2. The predicted molar refractivity (Wildman–Crippen MR) is 101 cm³/mol. The van der Waals surface area contributed by atoms with Crippen LogP contribution in [0.25, 0.3) is 11.1 Å². The zero-order valence-electron chi connectivity index (χ0n) is 15.9. The minimum absolute atomic E-state index is 0.137. The van der Waals surface area contributed by atoms with Crippen molar-refractivity contribution in [3.63, 3.8) is 0 Å². The highest BCUT2D eigenvalue weighted by atomic mass is 16.6. The molecule has 9 nitrogen and oxygen atoms in total. The van der Waals surface area contributed by atoms with Crippen LogP contribution in [0.15, 0.2) is 37.9 Å². The molecular formula is C19H21N3O6. The van der Waals surface area contributed by atoms with Gasteiger partial charge in [0, 0.05) is 24.6 Å². The summed E-state index contributed by atoms with van der Waals surface area (Å²) in [6.45, 7) is 5.86. The number of nitro benzene ring substituents is 1. The summed E-state index contributed by atoms with van der Waals surface area (Å²) in [5, 5.41) is 13.7. The summed E-state index contributed by atoms with van der Waals surface area (Å²) in [5.74, 6) is 0.826. The number of non-ortho nitro benzene ring substituents is 1. The number of amides is 1. The molecule has 1 atom stereocenters. The normalized spacial score (nSPS) is 12.2. The number of nitrogens with zero attached hydrogens (tertiary/aromatic N) is 2. The number of hydrogen-bond acceptors (Lipinski definition) is 6. The van der Waals surface area contributed by atoms with Crippen molar-refractivity contribution in [2.45, 2.75) is 46.2 Å². The molecule has 3 rings (SSSR count).